The van der Waals surface area contributed by atoms with Gasteiger partial charge in [-0.3, -0.25) is 0 Å². The largest absolute Gasteiger partial charge is 0.310 e. The van der Waals surface area contributed by atoms with Crippen LogP contribution in [-0.4, -0.2) is 6.04 Å². The van der Waals surface area contributed by atoms with E-state index in [2.05, 4.69) is 37.4 Å². The zero-order valence-corrected chi connectivity index (χ0v) is 13.3. The molecule has 0 spiro atoms. The summed E-state index contributed by atoms with van der Waals surface area (Å²) in [5.41, 5.74) is 3.44. The summed E-state index contributed by atoms with van der Waals surface area (Å²) in [7, 11) is 0. The van der Waals surface area contributed by atoms with Crippen molar-refractivity contribution in [3.63, 3.8) is 0 Å². The van der Waals surface area contributed by atoms with Gasteiger partial charge in [-0.25, -0.2) is 4.39 Å². The Labute approximate surface area is 130 Å². The number of rotatable bonds is 5. The number of benzene rings is 2. The summed E-state index contributed by atoms with van der Waals surface area (Å²) in [6.07, 6.45) is 2.49. The van der Waals surface area contributed by atoms with Gasteiger partial charge >= 0.3 is 0 Å². The van der Waals surface area contributed by atoms with E-state index < -0.39 is 0 Å². The molecule has 0 atom stereocenters. The second kappa shape index (κ2) is 6.20. The van der Waals surface area contributed by atoms with E-state index in [4.69, 9.17) is 0 Å². The average Bonchev–Trinajstić information content (AvgIpc) is 3.27. The van der Waals surface area contributed by atoms with Crippen LogP contribution in [0.25, 0.3) is 0 Å². The third-order valence-electron chi connectivity index (χ3n) is 3.76. The maximum absolute atomic E-state index is 14.3. The summed E-state index contributed by atoms with van der Waals surface area (Å²) >= 11 is 1.54. The highest BCUT2D eigenvalue weighted by Crippen LogP contribution is 2.35. The highest BCUT2D eigenvalue weighted by Gasteiger charge is 2.21. The first kappa shape index (κ1) is 14.6. The molecule has 2 aromatic rings. The molecule has 1 saturated carbocycles. The Hall–Kier alpha value is -1.32. The molecule has 1 fully saturated rings. The molecule has 3 rings (SSSR count). The molecule has 0 unspecified atom stereocenters. The maximum atomic E-state index is 14.3. The highest BCUT2D eigenvalue weighted by atomic mass is 32.2. The van der Waals surface area contributed by atoms with Crippen LogP contribution < -0.4 is 5.32 Å². The Morgan fingerprint density at radius 2 is 2.00 bits per heavy atom. The van der Waals surface area contributed by atoms with Crippen LogP contribution in [0, 0.1) is 19.7 Å². The monoisotopic (exact) mass is 301 g/mol. The molecule has 0 aliphatic heterocycles. The van der Waals surface area contributed by atoms with Gasteiger partial charge in [0.2, 0.25) is 0 Å². The van der Waals surface area contributed by atoms with E-state index >= 15 is 0 Å². The molecule has 0 saturated heterocycles. The third kappa shape index (κ3) is 3.66. The lowest BCUT2D eigenvalue weighted by atomic mass is 10.2. The summed E-state index contributed by atoms with van der Waals surface area (Å²) in [4.78, 5) is 1.88. The fourth-order valence-electron chi connectivity index (χ4n) is 2.28. The van der Waals surface area contributed by atoms with E-state index in [0.29, 0.717) is 6.04 Å². The van der Waals surface area contributed by atoms with Crippen molar-refractivity contribution in [3.05, 3.63) is 58.9 Å². The number of aryl methyl sites for hydroxylation is 2. The van der Waals surface area contributed by atoms with Crippen LogP contribution in [-0.2, 0) is 6.54 Å². The minimum Gasteiger partial charge on any atom is -0.310 e. The molecule has 0 aromatic heterocycles. The molecule has 1 nitrogen and oxygen atoms in total. The number of nitrogens with one attached hydrogen (secondary N) is 1. The molecule has 0 radical (unpaired) electrons. The Balaban J connectivity index is 1.87. The molecule has 110 valence electrons. The average molecular weight is 301 g/mol. The van der Waals surface area contributed by atoms with Gasteiger partial charge < -0.3 is 5.32 Å². The van der Waals surface area contributed by atoms with Crippen LogP contribution in [0.4, 0.5) is 4.39 Å². The zero-order valence-electron chi connectivity index (χ0n) is 12.4. The fourth-order valence-corrected chi connectivity index (χ4v) is 3.41. The van der Waals surface area contributed by atoms with Gasteiger partial charge in [-0.15, -0.1) is 0 Å². The Morgan fingerprint density at radius 3 is 2.76 bits per heavy atom. The van der Waals surface area contributed by atoms with Gasteiger partial charge in [-0.1, -0.05) is 36.0 Å². The number of halogens is 1. The van der Waals surface area contributed by atoms with E-state index in [1.54, 1.807) is 12.1 Å². The highest BCUT2D eigenvalue weighted by molar-refractivity contribution is 7.99. The van der Waals surface area contributed by atoms with Gasteiger partial charge in [-0.2, -0.15) is 0 Å². The minimum absolute atomic E-state index is 0.129. The van der Waals surface area contributed by atoms with Crippen molar-refractivity contribution in [2.24, 2.45) is 0 Å². The molecule has 1 aliphatic carbocycles. The predicted octanol–water partition coefficient (Wildman–Crippen LogP) is 4.85. The molecule has 0 amide bonds. The van der Waals surface area contributed by atoms with Gasteiger partial charge in [0.1, 0.15) is 5.82 Å². The van der Waals surface area contributed by atoms with E-state index in [0.717, 1.165) is 21.9 Å². The second-order valence-corrected chi connectivity index (χ2v) is 6.81. The van der Waals surface area contributed by atoms with Crippen LogP contribution in [0.5, 0.6) is 0 Å². The van der Waals surface area contributed by atoms with Crippen molar-refractivity contribution in [1.29, 1.82) is 0 Å². The Bertz CT molecular complexity index is 650. The summed E-state index contributed by atoms with van der Waals surface area (Å²) in [5.74, 6) is -0.129. The quantitative estimate of drug-likeness (QED) is 0.847. The van der Waals surface area contributed by atoms with Gasteiger partial charge in [0.25, 0.3) is 0 Å². The molecule has 0 bridgehead atoms. The fraction of sp³-hybridized carbons (Fsp3) is 0.333. The van der Waals surface area contributed by atoms with Crippen LogP contribution in [0.1, 0.15) is 29.5 Å². The first-order valence-corrected chi connectivity index (χ1v) is 8.21. The van der Waals surface area contributed by atoms with Crippen molar-refractivity contribution in [3.8, 4) is 0 Å². The zero-order chi connectivity index (χ0) is 14.8. The van der Waals surface area contributed by atoms with Crippen LogP contribution in [0.3, 0.4) is 0 Å². The van der Waals surface area contributed by atoms with Crippen LogP contribution in [0.2, 0.25) is 0 Å². The van der Waals surface area contributed by atoms with E-state index in [1.165, 1.54) is 35.7 Å². The van der Waals surface area contributed by atoms with Gasteiger partial charge in [0.05, 0.1) is 4.90 Å². The predicted molar refractivity (Wildman–Crippen MR) is 86.3 cm³/mol. The Kier molecular flexibility index (Phi) is 4.32. The SMILES string of the molecule is Cc1ccc(C)c(Sc2c(F)cccc2CNC2CC2)c1. The number of hydrogen-bond donors (Lipinski definition) is 1. The molecular formula is C18H20FNS. The van der Waals surface area contributed by atoms with Gasteiger partial charge in [-0.05, 0) is 55.5 Å². The Morgan fingerprint density at radius 1 is 1.19 bits per heavy atom. The van der Waals surface area contributed by atoms with E-state index in [1.807, 2.05) is 6.07 Å². The molecule has 1 aliphatic rings. The normalized spacial score (nSPS) is 14.4. The molecule has 2 aromatic carbocycles. The second-order valence-electron chi connectivity index (χ2n) is 5.75. The lowest BCUT2D eigenvalue weighted by Gasteiger charge is -2.13. The summed E-state index contributed by atoms with van der Waals surface area (Å²) in [5, 5.41) is 3.47. The van der Waals surface area contributed by atoms with E-state index in [9.17, 15) is 4.39 Å². The maximum Gasteiger partial charge on any atom is 0.137 e. The smallest absolute Gasteiger partial charge is 0.137 e. The minimum atomic E-state index is -0.129. The van der Waals surface area contributed by atoms with Crippen molar-refractivity contribution >= 4 is 11.8 Å². The number of hydrogen-bond acceptors (Lipinski definition) is 2. The lowest BCUT2D eigenvalue weighted by molar-refractivity contribution is 0.589. The molecule has 21 heavy (non-hydrogen) atoms. The molecule has 1 N–H and O–H groups in total. The molecule has 0 heterocycles. The molecule has 3 heteroatoms. The topological polar surface area (TPSA) is 12.0 Å². The van der Waals surface area contributed by atoms with Crippen molar-refractivity contribution in [2.45, 2.75) is 49.1 Å². The summed E-state index contributed by atoms with van der Waals surface area (Å²) < 4.78 is 14.3. The third-order valence-corrected chi connectivity index (χ3v) is 5.08. The van der Waals surface area contributed by atoms with Crippen molar-refractivity contribution < 1.29 is 4.39 Å². The van der Waals surface area contributed by atoms with Gasteiger partial charge in [0, 0.05) is 17.5 Å². The van der Waals surface area contributed by atoms with Crippen molar-refractivity contribution in [2.75, 3.05) is 0 Å². The first-order valence-electron chi connectivity index (χ1n) is 7.39. The summed E-state index contributed by atoms with van der Waals surface area (Å²) in [6, 6.07) is 12.3. The standard InChI is InChI=1S/C18H20FNS/c1-12-6-7-13(2)17(10-12)21-18-14(4-3-5-16(18)19)11-20-15-8-9-15/h3-7,10,15,20H,8-9,11H2,1-2H3. The van der Waals surface area contributed by atoms with Gasteiger partial charge in [0.15, 0.2) is 0 Å². The molecular weight excluding hydrogens is 281 g/mol. The van der Waals surface area contributed by atoms with Crippen molar-refractivity contribution in [1.82, 2.24) is 5.32 Å². The lowest BCUT2D eigenvalue weighted by Crippen LogP contribution is -2.16. The van der Waals surface area contributed by atoms with Crippen LogP contribution >= 0.6 is 11.8 Å². The van der Waals surface area contributed by atoms with E-state index in [-0.39, 0.29) is 5.82 Å². The van der Waals surface area contributed by atoms with Crippen LogP contribution in [0.15, 0.2) is 46.2 Å². The summed E-state index contributed by atoms with van der Waals surface area (Å²) in [6.45, 7) is 4.89. The first-order chi connectivity index (χ1) is 10.1.